The van der Waals surface area contributed by atoms with Crippen LogP contribution in [0.3, 0.4) is 0 Å². The molecule has 0 unspecified atom stereocenters. The summed E-state index contributed by atoms with van der Waals surface area (Å²) in [5.74, 6) is -0.144. The molecular formula is C18H19N3O5. The minimum atomic E-state index is -0.510. The largest absolute Gasteiger partial charge is 0.484 e. The standard InChI is InChI=1S/C18H19N3O5/c1-3-17(22)19-15-5-4-6-16(12(15)2)20-18(23)11-26-14-9-7-13(8-10-14)21(24)25/h4-10H,3,11H2,1-2H3,(H,19,22)(H,20,23). The molecule has 8 nitrogen and oxygen atoms in total. The molecular weight excluding hydrogens is 338 g/mol. The maximum absolute atomic E-state index is 12.1. The molecule has 0 saturated heterocycles. The number of rotatable bonds is 7. The van der Waals surface area contributed by atoms with E-state index in [0.717, 1.165) is 5.56 Å². The van der Waals surface area contributed by atoms with Crippen LogP contribution in [0.2, 0.25) is 0 Å². The highest BCUT2D eigenvalue weighted by atomic mass is 16.6. The second kappa shape index (κ2) is 8.61. The summed E-state index contributed by atoms with van der Waals surface area (Å²) >= 11 is 0. The van der Waals surface area contributed by atoms with E-state index in [1.165, 1.54) is 24.3 Å². The zero-order chi connectivity index (χ0) is 19.1. The number of nitro benzene ring substituents is 1. The average molecular weight is 357 g/mol. The van der Waals surface area contributed by atoms with Crippen LogP contribution >= 0.6 is 0 Å². The average Bonchev–Trinajstić information content (AvgIpc) is 2.63. The summed E-state index contributed by atoms with van der Waals surface area (Å²) in [6.45, 7) is 3.30. The quantitative estimate of drug-likeness (QED) is 0.583. The Balaban J connectivity index is 1.96. The summed E-state index contributed by atoms with van der Waals surface area (Å²) in [6, 6.07) is 10.7. The van der Waals surface area contributed by atoms with Crippen LogP contribution in [-0.4, -0.2) is 23.3 Å². The third-order valence-electron chi connectivity index (χ3n) is 3.62. The third kappa shape index (κ3) is 5.04. The summed E-state index contributed by atoms with van der Waals surface area (Å²) in [6.07, 6.45) is 0.360. The van der Waals surface area contributed by atoms with Crippen molar-refractivity contribution >= 4 is 28.9 Å². The number of nitrogens with zero attached hydrogens (tertiary/aromatic N) is 1. The van der Waals surface area contributed by atoms with Gasteiger partial charge < -0.3 is 15.4 Å². The lowest BCUT2D eigenvalue weighted by molar-refractivity contribution is -0.384. The summed E-state index contributed by atoms with van der Waals surface area (Å²) in [5, 5.41) is 16.1. The fraction of sp³-hybridized carbons (Fsp3) is 0.222. The van der Waals surface area contributed by atoms with Crippen LogP contribution < -0.4 is 15.4 Å². The van der Waals surface area contributed by atoms with Gasteiger partial charge in [-0.15, -0.1) is 0 Å². The van der Waals surface area contributed by atoms with E-state index < -0.39 is 4.92 Å². The number of carbonyl (C=O) groups excluding carboxylic acids is 2. The van der Waals surface area contributed by atoms with Gasteiger partial charge in [0.15, 0.2) is 6.61 Å². The van der Waals surface area contributed by atoms with Gasteiger partial charge in [0.2, 0.25) is 5.91 Å². The molecule has 0 bridgehead atoms. The molecule has 0 aromatic heterocycles. The zero-order valence-corrected chi connectivity index (χ0v) is 14.4. The minimum absolute atomic E-state index is 0.0524. The van der Waals surface area contributed by atoms with E-state index in [1.54, 1.807) is 32.0 Å². The summed E-state index contributed by atoms with van der Waals surface area (Å²) in [5.41, 5.74) is 1.88. The Labute approximate surface area is 150 Å². The van der Waals surface area contributed by atoms with Gasteiger partial charge in [-0.2, -0.15) is 0 Å². The minimum Gasteiger partial charge on any atom is -0.484 e. The Kier molecular flexibility index (Phi) is 6.26. The van der Waals surface area contributed by atoms with E-state index in [1.807, 2.05) is 0 Å². The normalized spacial score (nSPS) is 10.1. The van der Waals surface area contributed by atoms with E-state index in [2.05, 4.69) is 10.6 Å². The first kappa shape index (κ1) is 18.9. The van der Waals surface area contributed by atoms with Crippen molar-refractivity contribution in [3.63, 3.8) is 0 Å². The van der Waals surface area contributed by atoms with Crippen LogP contribution in [0, 0.1) is 17.0 Å². The van der Waals surface area contributed by atoms with Crippen molar-refractivity contribution in [3.8, 4) is 5.75 Å². The first-order chi connectivity index (χ1) is 12.4. The molecule has 8 heteroatoms. The highest BCUT2D eigenvalue weighted by molar-refractivity contribution is 5.96. The van der Waals surface area contributed by atoms with Crippen molar-refractivity contribution in [1.82, 2.24) is 0 Å². The van der Waals surface area contributed by atoms with Crippen molar-refractivity contribution in [2.75, 3.05) is 17.2 Å². The van der Waals surface area contributed by atoms with Gasteiger partial charge >= 0.3 is 0 Å². The van der Waals surface area contributed by atoms with Crippen molar-refractivity contribution in [1.29, 1.82) is 0 Å². The van der Waals surface area contributed by atoms with E-state index in [0.29, 0.717) is 23.5 Å². The van der Waals surface area contributed by atoms with Gasteiger partial charge in [0.25, 0.3) is 11.6 Å². The molecule has 2 amide bonds. The van der Waals surface area contributed by atoms with Crippen LogP contribution in [0.5, 0.6) is 5.75 Å². The molecule has 0 aliphatic heterocycles. The van der Waals surface area contributed by atoms with Crippen molar-refractivity contribution in [2.45, 2.75) is 20.3 Å². The molecule has 2 rings (SSSR count). The number of nitro groups is 1. The maximum Gasteiger partial charge on any atom is 0.269 e. The summed E-state index contributed by atoms with van der Waals surface area (Å²) in [7, 11) is 0. The van der Waals surface area contributed by atoms with Crippen LogP contribution in [0.25, 0.3) is 0 Å². The van der Waals surface area contributed by atoms with Gasteiger partial charge in [-0.05, 0) is 36.8 Å². The highest BCUT2D eigenvalue weighted by Gasteiger charge is 2.10. The van der Waals surface area contributed by atoms with E-state index in [-0.39, 0.29) is 24.1 Å². The van der Waals surface area contributed by atoms with E-state index >= 15 is 0 Å². The molecule has 0 aliphatic carbocycles. The Bertz CT molecular complexity index is 818. The lowest BCUT2D eigenvalue weighted by Crippen LogP contribution is -2.21. The lowest BCUT2D eigenvalue weighted by atomic mass is 10.1. The van der Waals surface area contributed by atoms with E-state index in [4.69, 9.17) is 4.74 Å². The summed E-state index contributed by atoms with van der Waals surface area (Å²) < 4.78 is 5.32. The van der Waals surface area contributed by atoms with Crippen LogP contribution in [0.15, 0.2) is 42.5 Å². The fourth-order valence-corrected chi connectivity index (χ4v) is 2.14. The SMILES string of the molecule is CCC(=O)Nc1cccc(NC(=O)COc2ccc([N+](=O)[O-])cc2)c1C. The first-order valence-electron chi connectivity index (χ1n) is 7.97. The number of hydrogen-bond acceptors (Lipinski definition) is 5. The Morgan fingerprint density at radius 3 is 2.15 bits per heavy atom. The van der Waals surface area contributed by atoms with Crippen molar-refractivity contribution < 1.29 is 19.2 Å². The number of benzene rings is 2. The number of anilines is 2. The molecule has 2 aromatic rings. The van der Waals surface area contributed by atoms with Gasteiger partial charge in [-0.25, -0.2) is 0 Å². The fourth-order valence-electron chi connectivity index (χ4n) is 2.14. The van der Waals surface area contributed by atoms with Crippen molar-refractivity contribution in [2.24, 2.45) is 0 Å². The number of non-ortho nitro benzene ring substituents is 1. The smallest absolute Gasteiger partial charge is 0.269 e. The lowest BCUT2D eigenvalue weighted by Gasteiger charge is -2.13. The molecule has 0 spiro atoms. The molecule has 0 fully saturated rings. The topological polar surface area (TPSA) is 111 Å². The van der Waals surface area contributed by atoms with Gasteiger partial charge in [0, 0.05) is 29.9 Å². The van der Waals surface area contributed by atoms with Gasteiger partial charge in [0.05, 0.1) is 4.92 Å². The first-order valence-corrected chi connectivity index (χ1v) is 7.97. The van der Waals surface area contributed by atoms with E-state index in [9.17, 15) is 19.7 Å². The summed E-state index contributed by atoms with van der Waals surface area (Å²) in [4.78, 5) is 33.7. The molecule has 0 radical (unpaired) electrons. The Morgan fingerprint density at radius 2 is 1.62 bits per heavy atom. The highest BCUT2D eigenvalue weighted by Crippen LogP contribution is 2.23. The number of hydrogen-bond donors (Lipinski definition) is 2. The second-order valence-corrected chi connectivity index (χ2v) is 5.47. The molecule has 26 heavy (non-hydrogen) atoms. The molecule has 2 aromatic carbocycles. The maximum atomic E-state index is 12.1. The molecule has 0 heterocycles. The van der Waals surface area contributed by atoms with Gasteiger partial charge in [-0.3, -0.25) is 19.7 Å². The number of carbonyl (C=O) groups is 2. The molecule has 0 aliphatic rings. The zero-order valence-electron chi connectivity index (χ0n) is 14.4. The Hall–Kier alpha value is -3.42. The molecule has 0 atom stereocenters. The third-order valence-corrected chi connectivity index (χ3v) is 3.62. The van der Waals surface area contributed by atoms with Crippen LogP contribution in [0.1, 0.15) is 18.9 Å². The Morgan fingerprint density at radius 1 is 1.04 bits per heavy atom. The number of nitrogens with one attached hydrogen (secondary N) is 2. The molecule has 2 N–H and O–H groups in total. The monoisotopic (exact) mass is 357 g/mol. The van der Waals surface area contributed by atoms with Crippen LogP contribution in [0.4, 0.5) is 17.1 Å². The predicted molar refractivity (Wildman–Crippen MR) is 97.3 cm³/mol. The second-order valence-electron chi connectivity index (χ2n) is 5.47. The van der Waals surface area contributed by atoms with Crippen LogP contribution in [-0.2, 0) is 9.59 Å². The number of amides is 2. The van der Waals surface area contributed by atoms with Gasteiger partial charge in [0.1, 0.15) is 5.75 Å². The van der Waals surface area contributed by atoms with Crippen molar-refractivity contribution in [3.05, 3.63) is 58.1 Å². The molecule has 0 saturated carbocycles. The van der Waals surface area contributed by atoms with Gasteiger partial charge in [-0.1, -0.05) is 13.0 Å². The molecule has 136 valence electrons. The predicted octanol–water partition coefficient (Wildman–Crippen LogP) is 3.27. The number of ether oxygens (including phenoxy) is 1.